The molecule has 1 atom stereocenters. The summed E-state index contributed by atoms with van der Waals surface area (Å²) in [6.45, 7) is 19.6. The van der Waals surface area contributed by atoms with Crippen molar-refractivity contribution in [2.24, 2.45) is 5.92 Å². The molecule has 2 aromatic heterocycles. The number of ketones is 1. The maximum atomic E-state index is 13.5. The van der Waals surface area contributed by atoms with Crippen LogP contribution in [-0.4, -0.2) is 76.5 Å². The molecular formula is C43H67N5O11P2S. The molecule has 4 rings (SSSR count). The van der Waals surface area contributed by atoms with Gasteiger partial charge in [0.2, 0.25) is 0 Å². The molecule has 1 fully saturated rings. The third-order valence-electron chi connectivity index (χ3n) is 8.79. The standard InChI is InChI=1S/C27H39N2O6PS.C16H28N3O5P/c1-19(2)34-36(31,35-20(3)4)18-24-17-28-23(16-29-24)15-27(30)26(14-21-8-6-7-9-21)22-10-12-25(13-11-22)37(5,32)33;1-11(2)23-25(21,24-12(3)4)10-13-8-18-14(9-17-13)19-15(20)22-16(5,6)7/h10-13,16-17,19-21,26H,6-9,14-15,18H2,1-5H3;8-9,11-12H,10H2,1-7H3,(H,18,19,20)/t26-;/m1./s1. The minimum atomic E-state index is -3.40. The van der Waals surface area contributed by atoms with E-state index >= 15 is 0 Å². The number of hydrogen-bond acceptors (Lipinski definition) is 15. The topological polar surface area (TPSA) is 212 Å². The van der Waals surface area contributed by atoms with Gasteiger partial charge in [0.25, 0.3) is 0 Å². The van der Waals surface area contributed by atoms with Crippen molar-refractivity contribution in [1.29, 1.82) is 0 Å². The Kier molecular flexibility index (Phi) is 20.0. The number of nitrogens with zero attached hydrogens (tertiary/aromatic N) is 4. The lowest BCUT2D eigenvalue weighted by molar-refractivity contribution is -0.120. The zero-order valence-corrected chi connectivity index (χ0v) is 40.9. The van der Waals surface area contributed by atoms with Gasteiger partial charge >= 0.3 is 21.3 Å². The first kappa shape index (κ1) is 52.9. The lowest BCUT2D eigenvalue weighted by Gasteiger charge is -2.22. The number of ether oxygens (including phenoxy) is 1. The van der Waals surface area contributed by atoms with Gasteiger partial charge in [0, 0.05) is 24.6 Å². The van der Waals surface area contributed by atoms with Crippen LogP contribution in [0.5, 0.6) is 0 Å². The number of anilines is 1. The molecule has 0 radical (unpaired) electrons. The molecule has 0 bridgehead atoms. The number of nitrogens with one attached hydrogen (secondary N) is 1. The van der Waals surface area contributed by atoms with Crippen molar-refractivity contribution in [3.05, 3.63) is 71.7 Å². The van der Waals surface area contributed by atoms with E-state index in [1.807, 2.05) is 0 Å². The number of rotatable bonds is 20. The summed E-state index contributed by atoms with van der Waals surface area (Å²) >= 11 is 0. The number of benzene rings is 1. The van der Waals surface area contributed by atoms with E-state index in [4.69, 9.17) is 22.8 Å². The lowest BCUT2D eigenvalue weighted by atomic mass is 9.83. The van der Waals surface area contributed by atoms with Crippen LogP contribution in [0.3, 0.4) is 0 Å². The van der Waals surface area contributed by atoms with Crippen molar-refractivity contribution in [2.45, 2.75) is 168 Å². The molecule has 1 aromatic carbocycles. The van der Waals surface area contributed by atoms with Crippen LogP contribution in [0.25, 0.3) is 0 Å². The van der Waals surface area contributed by atoms with E-state index in [1.54, 1.807) is 107 Å². The molecule has 3 aromatic rings. The Morgan fingerprint density at radius 2 is 1.15 bits per heavy atom. The molecule has 1 saturated carbocycles. The quantitative estimate of drug-likeness (QED) is 0.104. The molecule has 0 spiro atoms. The van der Waals surface area contributed by atoms with Crippen LogP contribution >= 0.6 is 15.2 Å². The normalized spacial score (nSPS) is 14.6. The highest BCUT2D eigenvalue weighted by Gasteiger charge is 2.31. The maximum Gasteiger partial charge on any atom is 0.413 e. The van der Waals surface area contributed by atoms with Crippen molar-refractivity contribution >= 4 is 42.7 Å². The molecule has 346 valence electrons. The van der Waals surface area contributed by atoms with Gasteiger partial charge in [0.15, 0.2) is 15.7 Å². The van der Waals surface area contributed by atoms with Crippen molar-refractivity contribution in [3.63, 3.8) is 0 Å². The fraction of sp³-hybridized carbons (Fsp3) is 0.628. The van der Waals surface area contributed by atoms with E-state index in [-0.39, 0.29) is 65.6 Å². The first-order valence-electron chi connectivity index (χ1n) is 21.1. The summed E-state index contributed by atoms with van der Waals surface area (Å²) in [6.07, 6.45) is 10.8. The molecule has 1 aliphatic carbocycles. The molecule has 1 aliphatic rings. The molecule has 19 heteroatoms. The number of carbonyl (C=O) groups excluding carboxylic acids is 2. The monoisotopic (exact) mass is 923 g/mol. The van der Waals surface area contributed by atoms with Gasteiger partial charge in [-0.25, -0.2) is 18.2 Å². The molecular weight excluding hydrogens is 857 g/mol. The Hall–Kier alpha value is -3.43. The molecule has 16 nitrogen and oxygen atoms in total. The van der Waals surface area contributed by atoms with Gasteiger partial charge in [-0.15, -0.1) is 0 Å². The highest BCUT2D eigenvalue weighted by atomic mass is 32.2. The zero-order chi connectivity index (χ0) is 46.5. The van der Waals surface area contributed by atoms with Gasteiger partial charge in [-0.3, -0.25) is 34.2 Å². The van der Waals surface area contributed by atoms with Crippen molar-refractivity contribution in [3.8, 4) is 0 Å². The second kappa shape index (κ2) is 23.5. The average molecular weight is 924 g/mol. The van der Waals surface area contributed by atoms with E-state index in [1.165, 1.54) is 37.7 Å². The second-order valence-corrected chi connectivity index (χ2v) is 23.5. The number of aromatic nitrogens is 4. The Balaban J connectivity index is 0.000000358. The van der Waals surface area contributed by atoms with Crippen molar-refractivity contribution in [2.75, 3.05) is 11.6 Å². The summed E-state index contributed by atoms with van der Waals surface area (Å²) in [6, 6.07) is 6.66. The van der Waals surface area contributed by atoms with Crippen LogP contribution in [0.2, 0.25) is 0 Å². The maximum absolute atomic E-state index is 13.5. The molecule has 1 N–H and O–H groups in total. The Morgan fingerprint density at radius 1 is 0.710 bits per heavy atom. The lowest BCUT2D eigenvalue weighted by Crippen LogP contribution is -2.27. The average Bonchev–Trinajstić information content (AvgIpc) is 3.63. The third-order valence-corrected chi connectivity index (χ3v) is 14.3. The van der Waals surface area contributed by atoms with Crippen LogP contribution < -0.4 is 5.32 Å². The van der Waals surface area contributed by atoms with Gasteiger partial charge in [0.1, 0.15) is 11.4 Å². The SMILES string of the molecule is CC(C)OP(=O)(Cc1cnc(CC(=O)[C@H](CC2CCCC2)c2ccc(S(C)(=O)=O)cc2)cn1)OC(C)C.CC(C)OP(=O)(Cc1cnc(NC(=O)OC(C)(C)C)cn1)OC(C)C. The predicted molar refractivity (Wildman–Crippen MR) is 239 cm³/mol. The van der Waals surface area contributed by atoms with Gasteiger partial charge < -0.3 is 22.8 Å². The highest BCUT2D eigenvalue weighted by molar-refractivity contribution is 7.90. The van der Waals surface area contributed by atoms with E-state index in [0.717, 1.165) is 24.8 Å². The molecule has 0 saturated heterocycles. The van der Waals surface area contributed by atoms with Gasteiger partial charge in [0.05, 0.1) is 77.5 Å². The van der Waals surface area contributed by atoms with E-state index in [0.29, 0.717) is 23.0 Å². The molecule has 0 unspecified atom stereocenters. The van der Waals surface area contributed by atoms with Crippen LogP contribution in [0.1, 0.15) is 137 Å². The molecule has 0 aliphatic heterocycles. The fourth-order valence-corrected chi connectivity index (χ4v) is 11.3. The van der Waals surface area contributed by atoms with Crippen molar-refractivity contribution in [1.82, 2.24) is 19.9 Å². The summed E-state index contributed by atoms with van der Waals surface area (Å²) in [4.78, 5) is 42.5. The predicted octanol–water partition coefficient (Wildman–Crippen LogP) is 10.3. The summed E-state index contributed by atoms with van der Waals surface area (Å²) in [5.74, 6) is 0.408. The second-order valence-electron chi connectivity index (χ2n) is 17.6. The third kappa shape index (κ3) is 19.5. The minimum absolute atomic E-state index is 0.00156. The number of sulfone groups is 1. The van der Waals surface area contributed by atoms with E-state index < -0.39 is 36.7 Å². The molecule has 1 amide bonds. The van der Waals surface area contributed by atoms with Gasteiger partial charge in [-0.05, 0) is 106 Å². The molecule has 2 heterocycles. The largest absolute Gasteiger partial charge is 0.444 e. The van der Waals surface area contributed by atoms with Crippen LogP contribution in [0.4, 0.5) is 10.6 Å². The van der Waals surface area contributed by atoms with Gasteiger partial charge in [-0.2, -0.15) is 0 Å². The minimum Gasteiger partial charge on any atom is -0.444 e. The fourth-order valence-electron chi connectivity index (χ4n) is 6.63. The van der Waals surface area contributed by atoms with E-state index in [2.05, 4.69) is 25.3 Å². The van der Waals surface area contributed by atoms with Gasteiger partial charge in [-0.1, -0.05) is 37.8 Å². The van der Waals surface area contributed by atoms with Crippen LogP contribution in [-0.2, 0) is 65.3 Å². The Labute approximate surface area is 368 Å². The number of carbonyl (C=O) groups is 2. The number of hydrogen-bond donors (Lipinski definition) is 1. The van der Waals surface area contributed by atoms with Crippen LogP contribution in [0, 0.1) is 5.92 Å². The van der Waals surface area contributed by atoms with E-state index in [9.17, 15) is 27.1 Å². The zero-order valence-electron chi connectivity index (χ0n) is 38.3. The highest BCUT2D eigenvalue weighted by Crippen LogP contribution is 2.54. The Bertz CT molecular complexity index is 2060. The number of amides is 1. The Morgan fingerprint density at radius 3 is 1.53 bits per heavy atom. The van der Waals surface area contributed by atoms with Crippen molar-refractivity contribution < 1.29 is 50.0 Å². The summed E-state index contributed by atoms with van der Waals surface area (Å²) in [5.41, 5.74) is 1.67. The summed E-state index contributed by atoms with van der Waals surface area (Å²) < 4.78 is 77.0. The number of Topliss-reactive ketones (excluding diaryl/α,β-unsaturated/α-hetero) is 1. The summed E-state index contributed by atoms with van der Waals surface area (Å²) in [5, 5.41) is 2.49. The smallest absolute Gasteiger partial charge is 0.413 e. The first-order valence-corrected chi connectivity index (χ1v) is 26.4. The first-order chi connectivity index (χ1) is 28.7. The summed E-state index contributed by atoms with van der Waals surface area (Å²) in [7, 11) is -10.0. The molecule has 62 heavy (non-hydrogen) atoms. The van der Waals surface area contributed by atoms with Crippen LogP contribution in [0.15, 0.2) is 53.9 Å².